The summed E-state index contributed by atoms with van der Waals surface area (Å²) in [5.41, 5.74) is 1.14. The lowest BCUT2D eigenvalue weighted by Crippen LogP contribution is -3.16. The molecular weight excluding hydrogens is 266 g/mol. The Bertz CT molecular complexity index is 451. The van der Waals surface area contributed by atoms with Gasteiger partial charge >= 0.3 is 0 Å². The molecular formula is C16H26N3O2+. The fourth-order valence-electron chi connectivity index (χ4n) is 2.53. The predicted molar refractivity (Wildman–Crippen MR) is 83.7 cm³/mol. The minimum Gasteiger partial charge on any atom is -0.508 e. The number of quaternary nitrogens is 1. The van der Waals surface area contributed by atoms with E-state index in [1.165, 1.54) is 4.90 Å². The van der Waals surface area contributed by atoms with Gasteiger partial charge in [-0.05, 0) is 30.2 Å². The Kier molecular flexibility index (Phi) is 5.44. The SMILES string of the molecule is CC(C)CNC(=O)C[NH+]1CCN(c2ccc(O)cc2)CC1. The average Bonchev–Trinajstić information content (AvgIpc) is 2.47. The first kappa shape index (κ1) is 15.6. The monoisotopic (exact) mass is 292 g/mol. The first-order valence-electron chi connectivity index (χ1n) is 7.69. The summed E-state index contributed by atoms with van der Waals surface area (Å²) in [5.74, 6) is 0.942. The van der Waals surface area contributed by atoms with Crippen LogP contribution in [0.3, 0.4) is 0 Å². The number of anilines is 1. The van der Waals surface area contributed by atoms with Crippen molar-refractivity contribution < 1.29 is 14.8 Å². The molecule has 5 nitrogen and oxygen atoms in total. The highest BCUT2D eigenvalue weighted by atomic mass is 16.3. The fourth-order valence-corrected chi connectivity index (χ4v) is 2.53. The molecule has 0 aromatic heterocycles. The third-order valence-electron chi connectivity index (χ3n) is 3.80. The lowest BCUT2D eigenvalue weighted by Gasteiger charge is -2.33. The number of nitrogens with one attached hydrogen (secondary N) is 2. The number of hydrogen-bond acceptors (Lipinski definition) is 3. The van der Waals surface area contributed by atoms with Crippen molar-refractivity contribution in [3.63, 3.8) is 0 Å². The van der Waals surface area contributed by atoms with Gasteiger partial charge in [0.25, 0.3) is 5.91 Å². The van der Waals surface area contributed by atoms with Crippen molar-refractivity contribution in [2.45, 2.75) is 13.8 Å². The summed E-state index contributed by atoms with van der Waals surface area (Å²) in [6.07, 6.45) is 0. The topological polar surface area (TPSA) is 57.0 Å². The molecule has 0 radical (unpaired) electrons. The van der Waals surface area contributed by atoms with E-state index in [2.05, 4.69) is 24.1 Å². The molecule has 0 unspecified atom stereocenters. The number of phenols is 1. The molecule has 1 saturated heterocycles. The molecule has 116 valence electrons. The maximum atomic E-state index is 11.8. The van der Waals surface area contributed by atoms with E-state index in [4.69, 9.17) is 0 Å². The predicted octanol–water partition coefficient (Wildman–Crippen LogP) is -0.131. The van der Waals surface area contributed by atoms with Gasteiger partial charge in [0, 0.05) is 12.2 Å². The molecule has 1 fully saturated rings. The number of carbonyl (C=O) groups is 1. The first-order chi connectivity index (χ1) is 10.0. The first-order valence-corrected chi connectivity index (χ1v) is 7.69. The molecule has 1 aliphatic rings. The van der Waals surface area contributed by atoms with Crippen LogP contribution in [-0.2, 0) is 4.79 Å². The lowest BCUT2D eigenvalue weighted by atomic mass is 10.2. The van der Waals surface area contributed by atoms with Gasteiger partial charge in [0.2, 0.25) is 0 Å². The Balaban J connectivity index is 1.75. The van der Waals surface area contributed by atoms with Crippen LogP contribution < -0.4 is 15.1 Å². The minimum atomic E-state index is 0.150. The summed E-state index contributed by atoms with van der Waals surface area (Å²) in [7, 11) is 0. The van der Waals surface area contributed by atoms with Crippen LogP contribution in [0.15, 0.2) is 24.3 Å². The Morgan fingerprint density at radius 3 is 2.48 bits per heavy atom. The van der Waals surface area contributed by atoms with E-state index in [9.17, 15) is 9.90 Å². The molecule has 1 aliphatic heterocycles. The van der Waals surface area contributed by atoms with Gasteiger partial charge in [0.05, 0.1) is 26.2 Å². The van der Waals surface area contributed by atoms with Gasteiger partial charge in [-0.2, -0.15) is 0 Å². The van der Waals surface area contributed by atoms with Gasteiger partial charge < -0.3 is 20.2 Å². The molecule has 5 heteroatoms. The number of hydrogen-bond donors (Lipinski definition) is 3. The van der Waals surface area contributed by atoms with Crippen molar-refractivity contribution >= 4 is 11.6 Å². The van der Waals surface area contributed by atoms with Crippen molar-refractivity contribution in [3.8, 4) is 5.75 Å². The zero-order valence-corrected chi connectivity index (χ0v) is 12.9. The number of benzene rings is 1. The Morgan fingerprint density at radius 2 is 1.90 bits per heavy atom. The Hall–Kier alpha value is -1.75. The van der Waals surface area contributed by atoms with Gasteiger partial charge in [-0.25, -0.2) is 0 Å². The number of rotatable bonds is 5. The highest BCUT2D eigenvalue weighted by molar-refractivity contribution is 5.76. The van der Waals surface area contributed by atoms with Crippen LogP contribution in [0.5, 0.6) is 5.75 Å². The number of phenolic OH excluding ortho intramolecular Hbond substituents is 1. The quantitative estimate of drug-likeness (QED) is 0.708. The van der Waals surface area contributed by atoms with E-state index in [0.29, 0.717) is 18.2 Å². The molecule has 1 amide bonds. The Labute approximate surface area is 126 Å². The molecule has 0 bridgehead atoms. The van der Waals surface area contributed by atoms with Crippen LogP contribution in [0.1, 0.15) is 13.8 Å². The zero-order valence-electron chi connectivity index (χ0n) is 12.9. The number of aromatic hydroxyl groups is 1. The summed E-state index contributed by atoms with van der Waals surface area (Å²) >= 11 is 0. The van der Waals surface area contributed by atoms with E-state index < -0.39 is 0 Å². The molecule has 0 atom stereocenters. The zero-order chi connectivity index (χ0) is 15.2. The third-order valence-corrected chi connectivity index (χ3v) is 3.80. The van der Waals surface area contributed by atoms with E-state index in [1.807, 2.05) is 12.1 Å². The minimum absolute atomic E-state index is 0.150. The van der Waals surface area contributed by atoms with Gasteiger partial charge in [-0.3, -0.25) is 4.79 Å². The fraction of sp³-hybridized carbons (Fsp3) is 0.562. The van der Waals surface area contributed by atoms with E-state index in [0.717, 1.165) is 38.4 Å². The van der Waals surface area contributed by atoms with Crippen molar-refractivity contribution in [2.24, 2.45) is 5.92 Å². The summed E-state index contributed by atoms with van der Waals surface area (Å²) in [5, 5.41) is 12.3. The third kappa shape index (κ3) is 4.93. The normalized spacial score (nSPS) is 16.2. The number of amides is 1. The van der Waals surface area contributed by atoms with Gasteiger partial charge in [0.1, 0.15) is 5.75 Å². The van der Waals surface area contributed by atoms with Crippen LogP contribution >= 0.6 is 0 Å². The molecule has 1 aromatic carbocycles. The number of nitrogens with zero attached hydrogens (tertiary/aromatic N) is 1. The second-order valence-corrected chi connectivity index (χ2v) is 6.13. The maximum Gasteiger partial charge on any atom is 0.275 e. The molecule has 2 rings (SSSR count). The van der Waals surface area contributed by atoms with Crippen molar-refractivity contribution in [3.05, 3.63) is 24.3 Å². The number of piperazine rings is 1. The highest BCUT2D eigenvalue weighted by Crippen LogP contribution is 2.17. The standard InChI is InChI=1S/C16H25N3O2/c1-13(2)11-17-16(21)12-18-7-9-19(10-8-18)14-3-5-15(20)6-4-14/h3-6,13,20H,7-12H2,1-2H3,(H,17,21)/p+1. The van der Waals surface area contributed by atoms with E-state index in [1.54, 1.807) is 12.1 Å². The van der Waals surface area contributed by atoms with Gasteiger partial charge in [-0.1, -0.05) is 13.8 Å². The highest BCUT2D eigenvalue weighted by Gasteiger charge is 2.22. The van der Waals surface area contributed by atoms with Gasteiger partial charge in [0.15, 0.2) is 6.54 Å². The van der Waals surface area contributed by atoms with Crippen molar-refractivity contribution in [1.29, 1.82) is 0 Å². The second kappa shape index (κ2) is 7.31. The summed E-state index contributed by atoms with van der Waals surface area (Å²) in [4.78, 5) is 15.5. The maximum absolute atomic E-state index is 11.8. The Morgan fingerprint density at radius 1 is 1.29 bits per heavy atom. The molecule has 0 spiro atoms. The second-order valence-electron chi connectivity index (χ2n) is 6.13. The van der Waals surface area contributed by atoms with Crippen molar-refractivity contribution in [1.82, 2.24) is 5.32 Å². The van der Waals surface area contributed by atoms with E-state index >= 15 is 0 Å². The average molecular weight is 292 g/mol. The van der Waals surface area contributed by atoms with Crippen molar-refractivity contribution in [2.75, 3.05) is 44.2 Å². The van der Waals surface area contributed by atoms with Crippen LogP contribution in [0.25, 0.3) is 0 Å². The molecule has 0 aliphatic carbocycles. The number of carbonyl (C=O) groups excluding carboxylic acids is 1. The molecule has 3 N–H and O–H groups in total. The van der Waals surface area contributed by atoms with Crippen LogP contribution in [0.4, 0.5) is 5.69 Å². The summed E-state index contributed by atoms with van der Waals surface area (Å²) < 4.78 is 0. The molecule has 1 aromatic rings. The summed E-state index contributed by atoms with van der Waals surface area (Å²) in [6, 6.07) is 7.31. The smallest absolute Gasteiger partial charge is 0.275 e. The van der Waals surface area contributed by atoms with Crippen LogP contribution in [0, 0.1) is 5.92 Å². The lowest BCUT2D eigenvalue weighted by molar-refractivity contribution is -0.892. The van der Waals surface area contributed by atoms with Crippen LogP contribution in [0.2, 0.25) is 0 Å². The largest absolute Gasteiger partial charge is 0.508 e. The summed E-state index contributed by atoms with van der Waals surface area (Å²) in [6.45, 7) is 9.34. The van der Waals surface area contributed by atoms with Gasteiger partial charge in [-0.15, -0.1) is 0 Å². The molecule has 1 heterocycles. The molecule has 0 saturated carbocycles. The molecule has 21 heavy (non-hydrogen) atoms. The van der Waals surface area contributed by atoms with Crippen LogP contribution in [-0.4, -0.2) is 50.3 Å². The van der Waals surface area contributed by atoms with E-state index in [-0.39, 0.29) is 5.91 Å².